The summed E-state index contributed by atoms with van der Waals surface area (Å²) in [5.74, 6) is 1.51. The predicted octanol–water partition coefficient (Wildman–Crippen LogP) is 3.91. The van der Waals surface area contributed by atoms with E-state index in [1.165, 1.54) is 0 Å². The molecule has 1 heterocycles. The summed E-state index contributed by atoms with van der Waals surface area (Å²) in [5.41, 5.74) is 0.824. The molecule has 1 aromatic heterocycles. The van der Waals surface area contributed by atoms with Gasteiger partial charge in [0.05, 0.1) is 0 Å². The van der Waals surface area contributed by atoms with Gasteiger partial charge in [-0.1, -0.05) is 17.7 Å². The summed E-state index contributed by atoms with van der Waals surface area (Å²) >= 11 is 5.99. The Morgan fingerprint density at radius 3 is 1.91 bits per heavy atom. The molecule has 0 spiro atoms. The molecule has 1 aromatic carbocycles. The summed E-state index contributed by atoms with van der Waals surface area (Å²) in [6.45, 7) is 8.12. The second kappa shape index (κ2) is 7.26. The Hall–Kier alpha value is -2.08. The molecule has 0 bridgehead atoms. The van der Waals surface area contributed by atoms with E-state index in [1.54, 1.807) is 0 Å². The number of benzene rings is 1. The second-order valence-electron chi connectivity index (χ2n) is 5.54. The molecule has 6 nitrogen and oxygen atoms in total. The maximum Gasteiger partial charge on any atom is 0.233 e. The van der Waals surface area contributed by atoms with Crippen LogP contribution < -0.4 is 16.0 Å². The molecule has 0 fully saturated rings. The molecule has 0 aliphatic carbocycles. The van der Waals surface area contributed by atoms with Crippen molar-refractivity contribution in [1.82, 2.24) is 15.0 Å². The SMILES string of the molecule is CC(C)Nc1nc(Nc2cccc(Cl)c2)nc(NC(C)C)n1. The van der Waals surface area contributed by atoms with Crippen LogP contribution in [0.5, 0.6) is 0 Å². The van der Waals surface area contributed by atoms with Crippen LogP contribution in [-0.2, 0) is 0 Å². The number of halogens is 1. The lowest BCUT2D eigenvalue weighted by Gasteiger charge is -2.14. The van der Waals surface area contributed by atoms with Crippen LogP contribution >= 0.6 is 11.6 Å². The Labute approximate surface area is 135 Å². The first kappa shape index (κ1) is 16.3. The van der Waals surface area contributed by atoms with Crippen LogP contribution in [0.2, 0.25) is 5.02 Å². The third-order valence-electron chi connectivity index (χ3n) is 2.55. The largest absolute Gasteiger partial charge is 0.352 e. The zero-order chi connectivity index (χ0) is 16.1. The summed E-state index contributed by atoms with van der Waals surface area (Å²) in [6.07, 6.45) is 0. The Kier molecular flexibility index (Phi) is 5.38. The fourth-order valence-electron chi connectivity index (χ4n) is 1.77. The highest BCUT2D eigenvalue weighted by molar-refractivity contribution is 6.30. The van der Waals surface area contributed by atoms with Crippen LogP contribution in [0.4, 0.5) is 23.5 Å². The van der Waals surface area contributed by atoms with Crippen molar-refractivity contribution in [1.29, 1.82) is 0 Å². The van der Waals surface area contributed by atoms with Gasteiger partial charge in [0.25, 0.3) is 0 Å². The fraction of sp³-hybridized carbons (Fsp3) is 0.400. The smallest absolute Gasteiger partial charge is 0.233 e. The number of nitrogens with one attached hydrogen (secondary N) is 3. The third kappa shape index (κ3) is 5.04. The molecule has 118 valence electrons. The Bertz CT molecular complexity index is 601. The molecule has 22 heavy (non-hydrogen) atoms. The van der Waals surface area contributed by atoms with Gasteiger partial charge in [-0.3, -0.25) is 0 Å². The topological polar surface area (TPSA) is 74.8 Å². The van der Waals surface area contributed by atoms with Crippen molar-refractivity contribution in [2.75, 3.05) is 16.0 Å². The van der Waals surface area contributed by atoms with Crippen LogP contribution in [0, 0.1) is 0 Å². The summed E-state index contributed by atoms with van der Waals surface area (Å²) in [5, 5.41) is 10.2. The van der Waals surface area contributed by atoms with E-state index in [9.17, 15) is 0 Å². The molecule has 3 N–H and O–H groups in total. The van der Waals surface area contributed by atoms with Crippen molar-refractivity contribution in [2.45, 2.75) is 39.8 Å². The summed E-state index contributed by atoms with van der Waals surface area (Å²) in [6, 6.07) is 7.86. The van der Waals surface area contributed by atoms with E-state index in [4.69, 9.17) is 11.6 Å². The summed E-state index contributed by atoms with van der Waals surface area (Å²) in [4.78, 5) is 13.1. The van der Waals surface area contributed by atoms with Gasteiger partial charge in [0.2, 0.25) is 17.8 Å². The number of rotatable bonds is 6. The van der Waals surface area contributed by atoms with E-state index in [-0.39, 0.29) is 12.1 Å². The maximum absolute atomic E-state index is 5.99. The molecule has 2 aromatic rings. The van der Waals surface area contributed by atoms with E-state index in [0.29, 0.717) is 22.9 Å². The van der Waals surface area contributed by atoms with E-state index in [2.05, 4.69) is 30.9 Å². The lowest BCUT2D eigenvalue weighted by atomic mass is 10.3. The average Bonchev–Trinajstić information content (AvgIpc) is 2.36. The lowest BCUT2D eigenvalue weighted by Crippen LogP contribution is -2.18. The van der Waals surface area contributed by atoms with Crippen LogP contribution in [0.1, 0.15) is 27.7 Å². The van der Waals surface area contributed by atoms with Crippen LogP contribution in [0.3, 0.4) is 0 Å². The van der Waals surface area contributed by atoms with E-state index < -0.39 is 0 Å². The standard InChI is InChI=1S/C15H21ClN6/c1-9(2)17-13-20-14(18-10(3)4)22-15(21-13)19-12-7-5-6-11(16)8-12/h5-10H,1-4H3,(H3,17,18,19,20,21,22). The summed E-state index contributed by atoms with van der Waals surface area (Å²) in [7, 11) is 0. The quantitative estimate of drug-likeness (QED) is 0.749. The number of aromatic nitrogens is 3. The van der Waals surface area contributed by atoms with Crippen molar-refractivity contribution < 1.29 is 0 Å². The van der Waals surface area contributed by atoms with Gasteiger partial charge in [-0.25, -0.2) is 0 Å². The molecule has 0 aliphatic rings. The molecule has 0 aliphatic heterocycles. The zero-order valence-electron chi connectivity index (χ0n) is 13.2. The minimum Gasteiger partial charge on any atom is -0.352 e. The third-order valence-corrected chi connectivity index (χ3v) is 2.79. The summed E-state index contributed by atoms with van der Waals surface area (Å²) < 4.78 is 0. The van der Waals surface area contributed by atoms with Crippen LogP contribution in [-0.4, -0.2) is 27.0 Å². The molecule has 0 radical (unpaired) electrons. The highest BCUT2D eigenvalue weighted by Gasteiger charge is 2.09. The van der Waals surface area contributed by atoms with Gasteiger partial charge in [0, 0.05) is 22.8 Å². The molecule has 0 amide bonds. The van der Waals surface area contributed by atoms with Crippen molar-refractivity contribution in [3.8, 4) is 0 Å². The second-order valence-corrected chi connectivity index (χ2v) is 5.98. The first-order valence-electron chi connectivity index (χ1n) is 7.24. The highest BCUT2D eigenvalue weighted by atomic mass is 35.5. The Morgan fingerprint density at radius 1 is 0.864 bits per heavy atom. The molecule has 0 unspecified atom stereocenters. The van der Waals surface area contributed by atoms with Gasteiger partial charge < -0.3 is 16.0 Å². The minimum absolute atomic E-state index is 0.230. The van der Waals surface area contributed by atoms with Gasteiger partial charge in [0.1, 0.15) is 0 Å². The molecule has 0 saturated heterocycles. The average molecular weight is 321 g/mol. The maximum atomic E-state index is 5.99. The van der Waals surface area contributed by atoms with E-state index >= 15 is 0 Å². The van der Waals surface area contributed by atoms with E-state index in [0.717, 1.165) is 5.69 Å². The monoisotopic (exact) mass is 320 g/mol. The lowest BCUT2D eigenvalue weighted by molar-refractivity contribution is 0.847. The number of nitrogens with zero attached hydrogens (tertiary/aromatic N) is 3. The molecular formula is C15H21ClN6. The predicted molar refractivity (Wildman–Crippen MR) is 92.1 cm³/mol. The van der Waals surface area contributed by atoms with Crippen molar-refractivity contribution in [3.05, 3.63) is 29.3 Å². The van der Waals surface area contributed by atoms with E-state index in [1.807, 2.05) is 52.0 Å². The molecule has 7 heteroatoms. The number of hydrogen-bond acceptors (Lipinski definition) is 6. The van der Waals surface area contributed by atoms with Gasteiger partial charge >= 0.3 is 0 Å². The van der Waals surface area contributed by atoms with Gasteiger partial charge in [0.15, 0.2) is 0 Å². The van der Waals surface area contributed by atoms with Gasteiger partial charge in [-0.05, 0) is 45.9 Å². The van der Waals surface area contributed by atoms with Crippen LogP contribution in [0.15, 0.2) is 24.3 Å². The first-order chi connectivity index (χ1) is 10.4. The van der Waals surface area contributed by atoms with Crippen LogP contribution in [0.25, 0.3) is 0 Å². The van der Waals surface area contributed by atoms with Gasteiger partial charge in [-0.15, -0.1) is 0 Å². The van der Waals surface area contributed by atoms with Crippen molar-refractivity contribution in [2.24, 2.45) is 0 Å². The van der Waals surface area contributed by atoms with Crippen molar-refractivity contribution >= 4 is 35.1 Å². The normalized spacial score (nSPS) is 10.9. The highest BCUT2D eigenvalue weighted by Crippen LogP contribution is 2.19. The zero-order valence-corrected chi connectivity index (χ0v) is 13.9. The molecule has 2 rings (SSSR count). The van der Waals surface area contributed by atoms with Gasteiger partial charge in [-0.2, -0.15) is 15.0 Å². The molecule has 0 saturated carbocycles. The number of anilines is 4. The first-order valence-corrected chi connectivity index (χ1v) is 7.62. The molecule has 0 atom stereocenters. The van der Waals surface area contributed by atoms with Crippen molar-refractivity contribution in [3.63, 3.8) is 0 Å². The fourth-order valence-corrected chi connectivity index (χ4v) is 1.96. The Balaban J connectivity index is 2.28. The Morgan fingerprint density at radius 2 is 1.41 bits per heavy atom. The number of hydrogen-bond donors (Lipinski definition) is 3. The molecular weight excluding hydrogens is 300 g/mol. The minimum atomic E-state index is 0.230.